The summed E-state index contributed by atoms with van der Waals surface area (Å²) in [5.41, 5.74) is 3.48. The lowest BCUT2D eigenvalue weighted by Crippen LogP contribution is -2.54. The quantitative estimate of drug-likeness (QED) is 0.312. The molecule has 7 nitrogen and oxygen atoms in total. The van der Waals surface area contributed by atoms with Gasteiger partial charge in [0, 0.05) is 19.0 Å². The number of sulfonamides is 1. The van der Waals surface area contributed by atoms with E-state index in [9.17, 15) is 18.0 Å². The minimum atomic E-state index is -3.85. The Bertz CT molecular complexity index is 1460. The van der Waals surface area contributed by atoms with Crippen LogP contribution in [0.2, 0.25) is 10.0 Å². The number of anilines is 1. The Morgan fingerprint density at radius 3 is 2.17 bits per heavy atom. The second-order valence-corrected chi connectivity index (χ2v) is 12.9. The van der Waals surface area contributed by atoms with Crippen LogP contribution in [0, 0.1) is 13.8 Å². The van der Waals surface area contributed by atoms with Crippen molar-refractivity contribution < 1.29 is 18.0 Å². The summed E-state index contributed by atoms with van der Waals surface area (Å²) in [6.07, 6.45) is 1.30. The second-order valence-electron chi connectivity index (χ2n) is 10.2. The highest BCUT2D eigenvalue weighted by molar-refractivity contribution is 7.92. The number of halogens is 2. The molecule has 0 radical (unpaired) electrons. The topological polar surface area (TPSA) is 86.8 Å². The molecule has 214 valence electrons. The van der Waals surface area contributed by atoms with Crippen LogP contribution in [0.25, 0.3) is 0 Å². The lowest BCUT2D eigenvalue weighted by molar-refractivity contribution is -0.140. The average molecular weight is 605 g/mol. The molecule has 0 spiro atoms. The van der Waals surface area contributed by atoms with Crippen molar-refractivity contribution in [1.29, 1.82) is 0 Å². The van der Waals surface area contributed by atoms with Gasteiger partial charge in [0.2, 0.25) is 21.8 Å². The van der Waals surface area contributed by atoms with E-state index in [4.69, 9.17) is 23.2 Å². The predicted molar refractivity (Wildman–Crippen MR) is 162 cm³/mol. The third-order valence-electron chi connectivity index (χ3n) is 6.35. The average Bonchev–Trinajstić information content (AvgIpc) is 2.87. The molecule has 0 saturated carbocycles. The second kappa shape index (κ2) is 13.5. The molecule has 2 amide bonds. The van der Waals surface area contributed by atoms with Crippen molar-refractivity contribution in [2.75, 3.05) is 17.1 Å². The van der Waals surface area contributed by atoms with Gasteiger partial charge in [0.05, 0.1) is 22.0 Å². The Labute approximate surface area is 247 Å². The fourth-order valence-electron chi connectivity index (χ4n) is 4.35. The Morgan fingerprint density at radius 1 is 0.900 bits per heavy atom. The minimum Gasteiger partial charge on any atom is -0.352 e. The summed E-state index contributed by atoms with van der Waals surface area (Å²) >= 11 is 12.4. The van der Waals surface area contributed by atoms with Crippen molar-refractivity contribution in [1.82, 2.24) is 10.2 Å². The zero-order valence-corrected chi connectivity index (χ0v) is 25.6. The summed E-state index contributed by atoms with van der Waals surface area (Å²) in [7, 11) is -3.85. The maximum absolute atomic E-state index is 14.1. The SMILES string of the molecule is Cc1ccc(C)c(N(CC(=O)N(Cc2ccc(Cl)c(Cl)c2)[C@@H](Cc2ccccc2)C(=O)NC(C)C)S(C)(=O)=O)c1. The largest absolute Gasteiger partial charge is 0.352 e. The summed E-state index contributed by atoms with van der Waals surface area (Å²) in [5.74, 6) is -0.873. The number of nitrogens with zero attached hydrogens (tertiary/aromatic N) is 2. The van der Waals surface area contributed by atoms with Crippen LogP contribution in [-0.2, 0) is 32.6 Å². The van der Waals surface area contributed by atoms with Crippen LogP contribution in [0.4, 0.5) is 5.69 Å². The molecular weight excluding hydrogens is 569 g/mol. The summed E-state index contributed by atoms with van der Waals surface area (Å²) in [5, 5.41) is 3.60. The van der Waals surface area contributed by atoms with Crippen molar-refractivity contribution in [2.24, 2.45) is 0 Å². The molecule has 0 heterocycles. The lowest BCUT2D eigenvalue weighted by Gasteiger charge is -2.34. The molecular formula is C30H35Cl2N3O4S. The van der Waals surface area contributed by atoms with Gasteiger partial charge in [-0.05, 0) is 68.1 Å². The van der Waals surface area contributed by atoms with Crippen LogP contribution >= 0.6 is 23.2 Å². The van der Waals surface area contributed by atoms with E-state index in [1.807, 2.05) is 63.2 Å². The van der Waals surface area contributed by atoms with Gasteiger partial charge in [-0.3, -0.25) is 13.9 Å². The Morgan fingerprint density at radius 2 is 1.57 bits per heavy atom. The van der Waals surface area contributed by atoms with Crippen LogP contribution in [0.3, 0.4) is 0 Å². The molecule has 0 fully saturated rings. The van der Waals surface area contributed by atoms with Gasteiger partial charge in [-0.2, -0.15) is 0 Å². The molecule has 40 heavy (non-hydrogen) atoms. The number of carbonyl (C=O) groups excluding carboxylic acids is 2. The first-order valence-corrected chi connectivity index (χ1v) is 15.5. The summed E-state index contributed by atoms with van der Waals surface area (Å²) < 4.78 is 27.1. The van der Waals surface area contributed by atoms with E-state index >= 15 is 0 Å². The molecule has 1 N–H and O–H groups in total. The molecule has 3 rings (SSSR count). The van der Waals surface area contributed by atoms with Crippen LogP contribution < -0.4 is 9.62 Å². The van der Waals surface area contributed by atoms with Crippen molar-refractivity contribution in [3.8, 4) is 0 Å². The van der Waals surface area contributed by atoms with Gasteiger partial charge < -0.3 is 10.2 Å². The van der Waals surface area contributed by atoms with Crippen LogP contribution in [-0.4, -0.2) is 50.0 Å². The standard InChI is InChI=1S/C30H35Cl2N3O4S/c1-20(2)33-30(37)28(17-23-9-7-6-8-10-23)34(18-24-13-14-25(31)26(32)16-24)29(36)19-35(40(5,38)39)27-15-21(3)11-12-22(27)4/h6-16,20,28H,17-19H2,1-5H3,(H,33,37)/t28-/m0/s1. The molecule has 3 aromatic rings. The Balaban J connectivity index is 2.10. The molecule has 0 unspecified atom stereocenters. The predicted octanol–water partition coefficient (Wildman–Crippen LogP) is 5.54. The van der Waals surface area contributed by atoms with Crippen LogP contribution in [0.5, 0.6) is 0 Å². The molecule has 1 atom stereocenters. The minimum absolute atomic E-state index is 0.0170. The van der Waals surface area contributed by atoms with Gasteiger partial charge in [-0.25, -0.2) is 8.42 Å². The molecule has 0 aromatic heterocycles. The molecule has 0 aliphatic rings. The number of aryl methyl sites for hydroxylation is 2. The number of nitrogens with one attached hydrogen (secondary N) is 1. The number of hydrogen-bond donors (Lipinski definition) is 1. The van der Waals surface area contributed by atoms with E-state index in [1.54, 1.807) is 31.2 Å². The molecule has 3 aromatic carbocycles. The van der Waals surface area contributed by atoms with E-state index in [1.165, 1.54) is 4.90 Å². The van der Waals surface area contributed by atoms with Crippen molar-refractivity contribution >= 4 is 50.7 Å². The lowest BCUT2D eigenvalue weighted by atomic mass is 10.0. The fraction of sp³-hybridized carbons (Fsp3) is 0.333. The normalized spacial score (nSPS) is 12.2. The van der Waals surface area contributed by atoms with E-state index in [0.29, 0.717) is 26.9 Å². The Hall–Kier alpha value is -3.07. The smallest absolute Gasteiger partial charge is 0.244 e. The number of carbonyl (C=O) groups is 2. The highest BCUT2D eigenvalue weighted by atomic mass is 35.5. The van der Waals surface area contributed by atoms with Gasteiger partial charge in [0.15, 0.2) is 0 Å². The molecule has 0 saturated heterocycles. The van der Waals surface area contributed by atoms with Gasteiger partial charge >= 0.3 is 0 Å². The van der Waals surface area contributed by atoms with Gasteiger partial charge in [-0.15, -0.1) is 0 Å². The first-order valence-electron chi connectivity index (χ1n) is 12.9. The van der Waals surface area contributed by atoms with E-state index in [0.717, 1.165) is 21.7 Å². The van der Waals surface area contributed by atoms with Gasteiger partial charge in [0.25, 0.3) is 0 Å². The van der Waals surface area contributed by atoms with E-state index < -0.39 is 28.5 Å². The van der Waals surface area contributed by atoms with Crippen LogP contribution in [0.1, 0.15) is 36.1 Å². The van der Waals surface area contributed by atoms with Crippen molar-refractivity contribution in [2.45, 2.75) is 52.7 Å². The zero-order valence-electron chi connectivity index (χ0n) is 23.3. The van der Waals surface area contributed by atoms with E-state index in [2.05, 4.69) is 5.32 Å². The number of benzene rings is 3. The highest BCUT2D eigenvalue weighted by Crippen LogP contribution is 2.27. The monoisotopic (exact) mass is 603 g/mol. The van der Waals surface area contributed by atoms with E-state index in [-0.39, 0.29) is 24.9 Å². The summed E-state index contributed by atoms with van der Waals surface area (Å²) in [6.45, 7) is 6.87. The van der Waals surface area contributed by atoms with Gasteiger partial charge in [-0.1, -0.05) is 71.7 Å². The van der Waals surface area contributed by atoms with Gasteiger partial charge in [0.1, 0.15) is 12.6 Å². The fourth-order valence-corrected chi connectivity index (χ4v) is 5.57. The number of amides is 2. The first-order chi connectivity index (χ1) is 18.8. The molecule has 0 aliphatic carbocycles. The number of rotatable bonds is 11. The first kappa shape index (κ1) is 31.5. The summed E-state index contributed by atoms with van der Waals surface area (Å²) in [4.78, 5) is 29.1. The zero-order chi connectivity index (χ0) is 29.6. The van der Waals surface area contributed by atoms with Crippen molar-refractivity contribution in [3.05, 3.63) is 99.0 Å². The van der Waals surface area contributed by atoms with Crippen LogP contribution in [0.15, 0.2) is 66.7 Å². The Kier molecular flexibility index (Phi) is 10.6. The summed E-state index contributed by atoms with van der Waals surface area (Å²) in [6, 6.07) is 18.7. The highest BCUT2D eigenvalue weighted by Gasteiger charge is 2.33. The maximum atomic E-state index is 14.1. The number of hydrogen-bond acceptors (Lipinski definition) is 4. The molecule has 0 bridgehead atoms. The third-order valence-corrected chi connectivity index (χ3v) is 8.22. The maximum Gasteiger partial charge on any atom is 0.244 e. The van der Waals surface area contributed by atoms with Crippen molar-refractivity contribution in [3.63, 3.8) is 0 Å². The third kappa shape index (κ3) is 8.46. The molecule has 0 aliphatic heterocycles. The molecule has 10 heteroatoms.